The van der Waals surface area contributed by atoms with Crippen LogP contribution in [0.5, 0.6) is 0 Å². The summed E-state index contributed by atoms with van der Waals surface area (Å²) in [5.41, 5.74) is 1.34. The number of anilines is 1. The number of unbranched alkanes of at least 4 members (excludes halogenated alkanes) is 1. The van der Waals surface area contributed by atoms with Gasteiger partial charge in [-0.25, -0.2) is 0 Å². The Balaban J connectivity index is 1.25. The van der Waals surface area contributed by atoms with Gasteiger partial charge in [0, 0.05) is 44.3 Å². The van der Waals surface area contributed by atoms with Gasteiger partial charge in [-0.2, -0.15) is 0 Å². The third-order valence-corrected chi connectivity index (χ3v) is 5.17. The van der Waals surface area contributed by atoms with Gasteiger partial charge in [-0.05, 0) is 44.4 Å². The maximum atomic E-state index is 11.7. The highest BCUT2D eigenvalue weighted by Crippen LogP contribution is 2.26. The van der Waals surface area contributed by atoms with E-state index in [-0.39, 0.29) is 5.91 Å². The fourth-order valence-corrected chi connectivity index (χ4v) is 3.36. The third kappa shape index (κ3) is 4.71. The summed E-state index contributed by atoms with van der Waals surface area (Å²) < 4.78 is 0. The number of hydrogen-bond acceptors (Lipinski definition) is 3. The van der Waals surface area contributed by atoms with E-state index in [1.54, 1.807) is 0 Å². The molecular formula is C19H29N3O. The zero-order valence-corrected chi connectivity index (χ0v) is 14.0. The van der Waals surface area contributed by atoms with Gasteiger partial charge >= 0.3 is 0 Å². The van der Waals surface area contributed by atoms with Crippen molar-refractivity contribution in [3.63, 3.8) is 0 Å². The van der Waals surface area contributed by atoms with Gasteiger partial charge in [0.2, 0.25) is 5.91 Å². The topological polar surface area (TPSA) is 35.6 Å². The normalized spacial score (nSPS) is 19.4. The smallest absolute Gasteiger partial charge is 0.223 e. The Morgan fingerprint density at radius 2 is 1.78 bits per heavy atom. The molecule has 0 aromatic heterocycles. The quantitative estimate of drug-likeness (QED) is 0.785. The minimum absolute atomic E-state index is 0.285. The van der Waals surface area contributed by atoms with Crippen LogP contribution in [0.1, 0.15) is 32.1 Å². The Morgan fingerprint density at radius 1 is 1.04 bits per heavy atom. The van der Waals surface area contributed by atoms with Gasteiger partial charge in [0.25, 0.3) is 0 Å². The SMILES string of the molecule is O=C(NCCCCN1CCN(c2ccccc2)CC1)C1CCC1. The first-order valence-electron chi connectivity index (χ1n) is 9.13. The Labute approximate surface area is 139 Å². The van der Waals surface area contributed by atoms with Crippen molar-refractivity contribution >= 4 is 11.6 Å². The van der Waals surface area contributed by atoms with Crippen molar-refractivity contribution in [3.8, 4) is 0 Å². The maximum absolute atomic E-state index is 11.7. The largest absolute Gasteiger partial charge is 0.369 e. The molecule has 1 heterocycles. The van der Waals surface area contributed by atoms with Crippen LogP contribution < -0.4 is 10.2 Å². The van der Waals surface area contributed by atoms with Crippen LogP contribution in [-0.4, -0.2) is 50.1 Å². The summed E-state index contributed by atoms with van der Waals surface area (Å²) in [6, 6.07) is 10.7. The van der Waals surface area contributed by atoms with Crippen LogP contribution in [0, 0.1) is 5.92 Å². The lowest BCUT2D eigenvalue weighted by molar-refractivity contribution is -0.127. The average Bonchev–Trinajstić information content (AvgIpc) is 2.54. The Bertz CT molecular complexity index is 479. The number of nitrogens with one attached hydrogen (secondary N) is 1. The number of amides is 1. The average molecular weight is 315 g/mol. The Hall–Kier alpha value is -1.55. The molecule has 1 N–H and O–H groups in total. The molecule has 2 fully saturated rings. The molecular weight excluding hydrogens is 286 g/mol. The van der Waals surface area contributed by atoms with Crippen LogP contribution in [0.3, 0.4) is 0 Å². The van der Waals surface area contributed by atoms with Gasteiger partial charge in [0.1, 0.15) is 0 Å². The van der Waals surface area contributed by atoms with Crippen molar-refractivity contribution in [2.24, 2.45) is 5.92 Å². The van der Waals surface area contributed by atoms with Crippen molar-refractivity contribution in [3.05, 3.63) is 30.3 Å². The van der Waals surface area contributed by atoms with Gasteiger partial charge in [-0.15, -0.1) is 0 Å². The lowest BCUT2D eigenvalue weighted by Crippen LogP contribution is -2.46. The molecule has 1 aliphatic heterocycles. The summed E-state index contributed by atoms with van der Waals surface area (Å²) in [5.74, 6) is 0.605. The summed E-state index contributed by atoms with van der Waals surface area (Å²) >= 11 is 0. The molecule has 0 unspecified atom stereocenters. The minimum Gasteiger partial charge on any atom is -0.369 e. The summed E-state index contributed by atoms with van der Waals surface area (Å²) in [6.45, 7) is 6.51. The van der Waals surface area contributed by atoms with Crippen molar-refractivity contribution in [2.45, 2.75) is 32.1 Å². The molecule has 0 bridgehead atoms. The predicted octanol–water partition coefficient (Wildman–Crippen LogP) is 2.51. The second-order valence-corrected chi connectivity index (χ2v) is 6.79. The van der Waals surface area contributed by atoms with E-state index in [0.717, 1.165) is 58.5 Å². The molecule has 1 amide bonds. The standard InChI is InChI=1S/C19H29N3O/c23-19(17-7-6-8-17)20-11-4-5-12-21-13-15-22(16-14-21)18-9-2-1-3-10-18/h1-3,9-10,17H,4-8,11-16H2,(H,20,23). The zero-order chi connectivity index (χ0) is 15.9. The number of carbonyl (C=O) groups is 1. The molecule has 0 atom stereocenters. The van der Waals surface area contributed by atoms with Crippen LogP contribution in [-0.2, 0) is 4.79 Å². The van der Waals surface area contributed by atoms with E-state index in [2.05, 4.69) is 45.4 Å². The molecule has 4 heteroatoms. The fourth-order valence-electron chi connectivity index (χ4n) is 3.36. The van der Waals surface area contributed by atoms with Crippen molar-refractivity contribution < 1.29 is 4.79 Å². The van der Waals surface area contributed by atoms with Crippen molar-refractivity contribution in [2.75, 3.05) is 44.2 Å². The van der Waals surface area contributed by atoms with Gasteiger partial charge in [-0.1, -0.05) is 24.6 Å². The molecule has 1 aromatic rings. The molecule has 1 saturated carbocycles. The molecule has 3 rings (SSSR count). The van der Waals surface area contributed by atoms with Gasteiger partial charge < -0.3 is 10.2 Å². The first kappa shape index (κ1) is 16.3. The van der Waals surface area contributed by atoms with Crippen LogP contribution >= 0.6 is 0 Å². The van der Waals surface area contributed by atoms with Crippen LogP contribution in [0.2, 0.25) is 0 Å². The van der Waals surface area contributed by atoms with E-state index in [4.69, 9.17) is 0 Å². The number of hydrogen-bond donors (Lipinski definition) is 1. The number of para-hydroxylation sites is 1. The van der Waals surface area contributed by atoms with E-state index < -0.39 is 0 Å². The molecule has 1 saturated heterocycles. The predicted molar refractivity (Wildman–Crippen MR) is 94.7 cm³/mol. The monoisotopic (exact) mass is 315 g/mol. The second kappa shape index (κ2) is 8.34. The van der Waals surface area contributed by atoms with E-state index in [1.807, 2.05) is 0 Å². The molecule has 1 aromatic carbocycles. The number of piperazine rings is 1. The Kier molecular flexibility index (Phi) is 5.92. The highest BCUT2D eigenvalue weighted by molar-refractivity contribution is 5.79. The van der Waals surface area contributed by atoms with E-state index in [0.29, 0.717) is 5.92 Å². The summed E-state index contributed by atoms with van der Waals surface area (Å²) in [7, 11) is 0. The van der Waals surface area contributed by atoms with E-state index in [1.165, 1.54) is 18.5 Å². The van der Waals surface area contributed by atoms with E-state index >= 15 is 0 Å². The van der Waals surface area contributed by atoms with E-state index in [9.17, 15) is 4.79 Å². The Morgan fingerprint density at radius 3 is 2.43 bits per heavy atom. The first-order chi connectivity index (χ1) is 11.3. The molecule has 23 heavy (non-hydrogen) atoms. The van der Waals surface area contributed by atoms with Gasteiger partial charge in [-0.3, -0.25) is 9.69 Å². The van der Waals surface area contributed by atoms with Crippen LogP contribution in [0.25, 0.3) is 0 Å². The number of nitrogens with zero attached hydrogens (tertiary/aromatic N) is 2. The molecule has 0 spiro atoms. The lowest BCUT2D eigenvalue weighted by Gasteiger charge is -2.36. The maximum Gasteiger partial charge on any atom is 0.223 e. The van der Waals surface area contributed by atoms with Gasteiger partial charge in [0.15, 0.2) is 0 Å². The number of benzene rings is 1. The summed E-state index contributed by atoms with van der Waals surface area (Å²) in [5, 5.41) is 3.09. The molecule has 4 nitrogen and oxygen atoms in total. The highest BCUT2D eigenvalue weighted by atomic mass is 16.1. The lowest BCUT2D eigenvalue weighted by atomic mass is 9.85. The van der Waals surface area contributed by atoms with Gasteiger partial charge in [0.05, 0.1) is 0 Å². The molecule has 2 aliphatic rings. The third-order valence-electron chi connectivity index (χ3n) is 5.17. The number of carbonyl (C=O) groups excluding carboxylic acids is 1. The zero-order valence-electron chi connectivity index (χ0n) is 14.0. The van der Waals surface area contributed by atoms with Crippen molar-refractivity contribution in [1.29, 1.82) is 0 Å². The van der Waals surface area contributed by atoms with Crippen LogP contribution in [0.4, 0.5) is 5.69 Å². The fraction of sp³-hybridized carbons (Fsp3) is 0.632. The van der Waals surface area contributed by atoms with Crippen LogP contribution in [0.15, 0.2) is 30.3 Å². The minimum atomic E-state index is 0.285. The first-order valence-corrected chi connectivity index (χ1v) is 9.13. The van der Waals surface area contributed by atoms with Crippen molar-refractivity contribution in [1.82, 2.24) is 10.2 Å². The molecule has 0 radical (unpaired) electrons. The molecule has 126 valence electrons. The number of rotatable bonds is 7. The molecule has 1 aliphatic carbocycles. The highest BCUT2D eigenvalue weighted by Gasteiger charge is 2.24. The summed E-state index contributed by atoms with van der Waals surface area (Å²) in [4.78, 5) is 16.8. The summed E-state index contributed by atoms with van der Waals surface area (Å²) in [6.07, 6.45) is 5.69. The second-order valence-electron chi connectivity index (χ2n) is 6.79.